The second kappa shape index (κ2) is 18.1. The van der Waals surface area contributed by atoms with Crippen LogP contribution in [0.4, 0.5) is 0 Å². The van der Waals surface area contributed by atoms with Crippen molar-refractivity contribution in [3.8, 4) is 0 Å². The molecule has 0 heterocycles. The van der Waals surface area contributed by atoms with Crippen LogP contribution in [0.1, 0.15) is 72.6 Å². The number of hydrogen-bond acceptors (Lipinski definition) is 5. The fraction of sp³-hybridized carbons (Fsp3) is 1.00. The van der Waals surface area contributed by atoms with Crippen LogP contribution in [0, 0.1) is 0 Å². The van der Waals surface area contributed by atoms with E-state index in [9.17, 15) is 0 Å². The summed E-state index contributed by atoms with van der Waals surface area (Å²) in [6.45, 7) is 9.61. The van der Waals surface area contributed by atoms with Gasteiger partial charge >= 0.3 is 0 Å². The summed E-state index contributed by atoms with van der Waals surface area (Å²) >= 11 is 0. The molecule has 0 bridgehead atoms. The summed E-state index contributed by atoms with van der Waals surface area (Å²) in [6, 6.07) is 0. The molecule has 0 saturated heterocycles. The van der Waals surface area contributed by atoms with Gasteiger partial charge < -0.3 is 24.8 Å². The van der Waals surface area contributed by atoms with E-state index in [0.717, 1.165) is 25.9 Å². The van der Waals surface area contributed by atoms with Crippen LogP contribution in [0.5, 0.6) is 0 Å². The van der Waals surface area contributed by atoms with Crippen molar-refractivity contribution >= 4 is 0 Å². The summed E-state index contributed by atoms with van der Waals surface area (Å²) < 4.78 is 12.1. The summed E-state index contributed by atoms with van der Waals surface area (Å²) in [5.41, 5.74) is -0.162. The Bertz CT molecular complexity index is 213. The molecule has 0 aliphatic rings. The predicted molar refractivity (Wildman–Crippen MR) is 94.7 cm³/mol. The van der Waals surface area contributed by atoms with Crippen LogP contribution >= 0.6 is 0 Å². The van der Waals surface area contributed by atoms with Gasteiger partial charge in [-0.25, -0.2) is 0 Å². The normalized spacial score (nSPS) is 12.7. The molecule has 5 nitrogen and oxygen atoms in total. The summed E-state index contributed by atoms with van der Waals surface area (Å²) in [5, 5.41) is 24.2. The van der Waals surface area contributed by atoms with E-state index >= 15 is 0 Å². The fourth-order valence-electron chi connectivity index (χ4n) is 2.76. The lowest BCUT2D eigenvalue weighted by Crippen LogP contribution is -2.46. The van der Waals surface area contributed by atoms with Gasteiger partial charge in [0.1, 0.15) is 0 Å². The Morgan fingerprint density at radius 1 is 0.826 bits per heavy atom. The minimum absolute atomic E-state index is 0.0836. The van der Waals surface area contributed by atoms with Crippen molar-refractivity contribution in [2.24, 2.45) is 0 Å². The van der Waals surface area contributed by atoms with E-state index in [-0.39, 0.29) is 31.5 Å². The monoisotopic (exact) mass is 336 g/mol. The molecular formula is C18H40O5. The van der Waals surface area contributed by atoms with Crippen molar-refractivity contribution in [1.82, 2.24) is 0 Å². The molecule has 0 spiro atoms. The first-order chi connectivity index (χ1) is 11.1. The molecule has 0 aromatic rings. The molecule has 0 amide bonds. The van der Waals surface area contributed by atoms with Gasteiger partial charge in [0.05, 0.1) is 38.1 Å². The Hall–Kier alpha value is -0.200. The predicted octanol–water partition coefficient (Wildman–Crippen LogP) is 2.90. The topological polar surface area (TPSA) is 79.2 Å². The van der Waals surface area contributed by atoms with Gasteiger partial charge in [0.2, 0.25) is 0 Å². The maximum Gasteiger partial charge on any atom is 0.0942 e. The number of aliphatic hydroxyl groups is 3. The van der Waals surface area contributed by atoms with E-state index in [1.54, 1.807) is 0 Å². The fourth-order valence-corrected chi connectivity index (χ4v) is 2.76. The molecule has 5 heteroatoms. The maximum absolute atomic E-state index is 8.99. The van der Waals surface area contributed by atoms with Gasteiger partial charge in [0.15, 0.2) is 0 Å². The van der Waals surface area contributed by atoms with Crippen molar-refractivity contribution in [3.63, 3.8) is 0 Å². The molecular weight excluding hydrogens is 296 g/mol. The van der Waals surface area contributed by atoms with E-state index in [1.807, 2.05) is 0 Å². The highest BCUT2D eigenvalue weighted by molar-refractivity contribution is 4.89. The van der Waals surface area contributed by atoms with E-state index in [1.165, 1.54) is 25.7 Å². The van der Waals surface area contributed by atoms with Gasteiger partial charge in [-0.15, -0.1) is 0 Å². The number of unbranched alkanes of at least 4 members (excludes halogenated alkanes) is 2. The van der Waals surface area contributed by atoms with Crippen LogP contribution in [0.2, 0.25) is 0 Å². The Balaban J connectivity index is 0. The second-order valence-electron chi connectivity index (χ2n) is 5.64. The van der Waals surface area contributed by atoms with Gasteiger partial charge in [-0.05, 0) is 26.2 Å². The van der Waals surface area contributed by atoms with Crippen LogP contribution in [0.25, 0.3) is 0 Å². The second-order valence-corrected chi connectivity index (χ2v) is 5.64. The van der Waals surface area contributed by atoms with Gasteiger partial charge in [0, 0.05) is 6.61 Å². The Morgan fingerprint density at radius 2 is 1.35 bits per heavy atom. The average Bonchev–Trinajstić information content (AvgIpc) is 2.58. The molecule has 0 saturated carbocycles. The zero-order chi connectivity index (χ0) is 18.0. The third kappa shape index (κ3) is 11.9. The Morgan fingerprint density at radius 3 is 1.65 bits per heavy atom. The van der Waals surface area contributed by atoms with Crippen molar-refractivity contribution in [2.75, 3.05) is 33.0 Å². The van der Waals surface area contributed by atoms with Gasteiger partial charge in [0.25, 0.3) is 0 Å². The van der Waals surface area contributed by atoms with Crippen molar-refractivity contribution in [2.45, 2.75) is 84.3 Å². The maximum atomic E-state index is 8.99. The molecule has 1 unspecified atom stereocenters. The third-order valence-electron chi connectivity index (χ3n) is 3.81. The number of ether oxygens (including phenoxy) is 2. The van der Waals surface area contributed by atoms with Crippen LogP contribution < -0.4 is 0 Å². The van der Waals surface area contributed by atoms with Crippen LogP contribution in [-0.2, 0) is 9.47 Å². The molecule has 0 aliphatic carbocycles. The van der Waals surface area contributed by atoms with Crippen LogP contribution in [-0.4, -0.2) is 60.1 Å². The molecule has 0 rings (SSSR count). The summed E-state index contributed by atoms with van der Waals surface area (Å²) in [6.07, 6.45) is 7.84. The standard InChI is InChI=1S/C16H34O3.C2H6O2/c1-5-9-11-16(19-8-4,12-10-6-2)15(7-3)18-14-13-17;3-1-2-4/h15,17H,5-14H2,1-4H3;3-4H,1-2H2. The summed E-state index contributed by atoms with van der Waals surface area (Å²) in [7, 11) is 0. The highest BCUT2D eigenvalue weighted by Gasteiger charge is 2.38. The highest BCUT2D eigenvalue weighted by atomic mass is 16.6. The molecule has 0 aliphatic heterocycles. The van der Waals surface area contributed by atoms with Gasteiger partial charge in [-0.1, -0.05) is 46.5 Å². The number of aliphatic hydroxyl groups excluding tert-OH is 3. The Labute approximate surface area is 143 Å². The molecule has 0 fully saturated rings. The highest BCUT2D eigenvalue weighted by Crippen LogP contribution is 2.33. The smallest absolute Gasteiger partial charge is 0.0942 e. The summed E-state index contributed by atoms with van der Waals surface area (Å²) in [5.74, 6) is 0. The van der Waals surface area contributed by atoms with Crippen molar-refractivity contribution < 1.29 is 24.8 Å². The first-order valence-electron chi connectivity index (χ1n) is 9.20. The minimum atomic E-state index is -0.162. The first-order valence-corrected chi connectivity index (χ1v) is 9.20. The zero-order valence-electron chi connectivity index (χ0n) is 15.7. The van der Waals surface area contributed by atoms with E-state index in [2.05, 4.69) is 27.7 Å². The molecule has 1 atom stereocenters. The molecule has 3 N–H and O–H groups in total. The molecule has 142 valence electrons. The molecule has 23 heavy (non-hydrogen) atoms. The van der Waals surface area contributed by atoms with Crippen LogP contribution in [0.15, 0.2) is 0 Å². The average molecular weight is 337 g/mol. The minimum Gasteiger partial charge on any atom is -0.394 e. The molecule has 0 aromatic carbocycles. The van der Waals surface area contributed by atoms with E-state index in [0.29, 0.717) is 6.61 Å². The van der Waals surface area contributed by atoms with Crippen LogP contribution in [0.3, 0.4) is 0 Å². The number of hydrogen-bond donors (Lipinski definition) is 3. The molecule has 0 radical (unpaired) electrons. The lowest BCUT2D eigenvalue weighted by molar-refractivity contribution is -0.157. The SMILES string of the molecule is CCCCC(CCCC)(OCC)C(CC)OCCO.OCCO. The van der Waals surface area contributed by atoms with Gasteiger partial charge in [-0.3, -0.25) is 0 Å². The third-order valence-corrected chi connectivity index (χ3v) is 3.81. The largest absolute Gasteiger partial charge is 0.394 e. The summed E-state index contributed by atoms with van der Waals surface area (Å²) in [4.78, 5) is 0. The van der Waals surface area contributed by atoms with Gasteiger partial charge in [-0.2, -0.15) is 0 Å². The number of rotatable bonds is 14. The molecule has 0 aromatic heterocycles. The Kier molecular flexibility index (Phi) is 19.8. The lowest BCUT2D eigenvalue weighted by Gasteiger charge is -2.40. The first kappa shape index (κ1) is 25.0. The quantitative estimate of drug-likeness (QED) is 0.454. The van der Waals surface area contributed by atoms with Crippen molar-refractivity contribution in [1.29, 1.82) is 0 Å². The van der Waals surface area contributed by atoms with E-state index in [4.69, 9.17) is 24.8 Å². The zero-order valence-corrected chi connectivity index (χ0v) is 15.7. The van der Waals surface area contributed by atoms with Crippen molar-refractivity contribution in [3.05, 3.63) is 0 Å². The lowest BCUT2D eigenvalue weighted by atomic mass is 9.84. The van der Waals surface area contributed by atoms with E-state index < -0.39 is 0 Å².